The van der Waals surface area contributed by atoms with Crippen LogP contribution in [0.5, 0.6) is 0 Å². The van der Waals surface area contributed by atoms with Gasteiger partial charge in [0.2, 0.25) is 5.13 Å². The summed E-state index contributed by atoms with van der Waals surface area (Å²) in [6.07, 6.45) is 1.71. The minimum atomic E-state index is 0.649. The minimum Gasteiger partial charge on any atom is -0.398 e. The van der Waals surface area contributed by atoms with Gasteiger partial charge in [-0.3, -0.25) is 0 Å². The van der Waals surface area contributed by atoms with Crippen LogP contribution in [-0.2, 0) is 0 Å². The van der Waals surface area contributed by atoms with Gasteiger partial charge in [0.1, 0.15) is 0 Å². The predicted molar refractivity (Wildman–Crippen MR) is 74.7 cm³/mol. The van der Waals surface area contributed by atoms with E-state index in [-0.39, 0.29) is 0 Å². The zero-order chi connectivity index (χ0) is 12.4. The molecule has 3 rings (SSSR count). The molecule has 5 heteroatoms. The summed E-state index contributed by atoms with van der Waals surface area (Å²) in [6.45, 7) is 0. The molecule has 0 saturated heterocycles. The average molecular weight is 254 g/mol. The van der Waals surface area contributed by atoms with Gasteiger partial charge in [0.05, 0.1) is 5.69 Å². The second-order valence-electron chi connectivity index (χ2n) is 3.73. The molecule has 0 bridgehead atoms. The predicted octanol–water partition coefficient (Wildman–Crippen LogP) is 4.29. The normalized spacial score (nSPS) is 11.3. The maximum Gasteiger partial charge on any atom is 0.229 e. The summed E-state index contributed by atoms with van der Waals surface area (Å²) in [6, 6.07) is 11.6. The first kappa shape index (κ1) is 10.9. The van der Waals surface area contributed by atoms with Crippen LogP contribution in [0.3, 0.4) is 0 Å². The van der Waals surface area contributed by atoms with Crippen LogP contribution in [0.15, 0.2) is 58.2 Å². The Labute approximate surface area is 108 Å². The molecule has 88 valence electrons. The highest BCUT2D eigenvalue weighted by Gasteiger charge is 2.02. The van der Waals surface area contributed by atoms with Crippen LogP contribution in [0.2, 0.25) is 0 Å². The lowest BCUT2D eigenvalue weighted by atomic mass is 10.1. The summed E-state index contributed by atoms with van der Waals surface area (Å²) >= 11 is 1.45. The highest BCUT2D eigenvalue weighted by atomic mass is 32.1. The van der Waals surface area contributed by atoms with Gasteiger partial charge in [-0.15, -0.1) is 21.6 Å². The van der Waals surface area contributed by atoms with Gasteiger partial charge in [-0.05, 0) is 12.1 Å². The van der Waals surface area contributed by atoms with Crippen molar-refractivity contribution in [3.05, 3.63) is 48.0 Å². The molecule has 0 aliphatic heterocycles. The molecule has 0 fully saturated rings. The molecule has 0 spiro atoms. The van der Waals surface area contributed by atoms with Crippen LogP contribution < -0.4 is 5.73 Å². The number of anilines is 1. The Bertz CT molecular complexity index is 704. The monoisotopic (exact) mass is 254 g/mol. The zero-order valence-corrected chi connectivity index (χ0v) is 10.3. The van der Waals surface area contributed by atoms with E-state index in [9.17, 15) is 0 Å². The first-order valence-electron chi connectivity index (χ1n) is 5.43. The van der Waals surface area contributed by atoms with Crippen molar-refractivity contribution < 1.29 is 0 Å². The standard InChI is InChI=1S/C13H10N4S/c14-11-5-6-12(10-4-2-1-3-9(10)11)16-17-13-15-7-8-18-13/h1-8H,14H2. The van der Waals surface area contributed by atoms with Crippen LogP contribution in [0.1, 0.15) is 0 Å². The lowest BCUT2D eigenvalue weighted by Gasteiger charge is -2.03. The summed E-state index contributed by atoms with van der Waals surface area (Å²) in [7, 11) is 0. The molecular weight excluding hydrogens is 244 g/mol. The van der Waals surface area contributed by atoms with Gasteiger partial charge < -0.3 is 5.73 Å². The highest BCUT2D eigenvalue weighted by molar-refractivity contribution is 7.13. The first-order valence-corrected chi connectivity index (χ1v) is 6.31. The number of azo groups is 1. The van der Waals surface area contributed by atoms with Crippen molar-refractivity contribution in [1.82, 2.24) is 4.98 Å². The van der Waals surface area contributed by atoms with Crippen molar-refractivity contribution in [2.24, 2.45) is 10.2 Å². The molecule has 0 aliphatic rings. The third-order valence-electron chi connectivity index (χ3n) is 2.60. The van der Waals surface area contributed by atoms with Crippen molar-refractivity contribution in [3.63, 3.8) is 0 Å². The largest absolute Gasteiger partial charge is 0.398 e. The van der Waals surface area contributed by atoms with E-state index < -0.39 is 0 Å². The van der Waals surface area contributed by atoms with Crippen molar-refractivity contribution >= 4 is 38.6 Å². The molecule has 1 heterocycles. The number of nitrogens with two attached hydrogens (primary N) is 1. The quantitative estimate of drug-likeness (QED) is 0.547. The van der Waals surface area contributed by atoms with Crippen molar-refractivity contribution in [2.45, 2.75) is 0 Å². The molecule has 0 saturated carbocycles. The van der Waals surface area contributed by atoms with Crippen LogP contribution >= 0.6 is 11.3 Å². The molecule has 1 aromatic heterocycles. The lowest BCUT2D eigenvalue weighted by Crippen LogP contribution is -1.85. The van der Waals surface area contributed by atoms with Crippen LogP contribution in [0.25, 0.3) is 10.8 Å². The van der Waals surface area contributed by atoms with E-state index in [0.717, 1.165) is 22.1 Å². The molecule has 0 aliphatic carbocycles. The molecule has 2 N–H and O–H groups in total. The number of thiazole rings is 1. The summed E-state index contributed by atoms with van der Waals surface area (Å²) in [4.78, 5) is 4.06. The number of hydrogen-bond donors (Lipinski definition) is 1. The minimum absolute atomic E-state index is 0.649. The van der Waals surface area contributed by atoms with Crippen LogP contribution in [0, 0.1) is 0 Å². The third kappa shape index (κ3) is 1.96. The van der Waals surface area contributed by atoms with Gasteiger partial charge in [-0.2, -0.15) is 0 Å². The van der Waals surface area contributed by atoms with Gasteiger partial charge in [0.15, 0.2) is 0 Å². The number of nitrogen functional groups attached to an aromatic ring is 1. The smallest absolute Gasteiger partial charge is 0.229 e. The molecule has 0 amide bonds. The fourth-order valence-electron chi connectivity index (χ4n) is 1.76. The molecule has 0 atom stereocenters. The Morgan fingerprint density at radius 1 is 1.00 bits per heavy atom. The van der Waals surface area contributed by atoms with Crippen molar-refractivity contribution in [1.29, 1.82) is 0 Å². The van der Waals surface area contributed by atoms with Gasteiger partial charge in [-0.25, -0.2) is 4.98 Å². The van der Waals surface area contributed by atoms with Gasteiger partial charge in [0, 0.05) is 28.0 Å². The number of nitrogens with zero attached hydrogens (tertiary/aromatic N) is 3. The molecule has 4 nitrogen and oxygen atoms in total. The fraction of sp³-hybridized carbons (Fsp3) is 0. The van der Waals surface area contributed by atoms with Crippen molar-refractivity contribution in [3.8, 4) is 0 Å². The van der Waals surface area contributed by atoms with Crippen LogP contribution in [0.4, 0.5) is 16.5 Å². The average Bonchev–Trinajstić information content (AvgIpc) is 2.92. The van der Waals surface area contributed by atoms with E-state index in [1.54, 1.807) is 6.20 Å². The van der Waals surface area contributed by atoms with Crippen molar-refractivity contribution in [2.75, 3.05) is 5.73 Å². The summed E-state index contributed by atoms with van der Waals surface area (Å²) in [5.74, 6) is 0. The van der Waals surface area contributed by atoms with Gasteiger partial charge in [-0.1, -0.05) is 24.3 Å². The molecular formula is C13H10N4S. The summed E-state index contributed by atoms with van der Waals surface area (Å²) in [5, 5.41) is 12.9. The highest BCUT2D eigenvalue weighted by Crippen LogP contribution is 2.31. The van der Waals surface area contributed by atoms with E-state index >= 15 is 0 Å². The Morgan fingerprint density at radius 2 is 1.83 bits per heavy atom. The number of benzene rings is 2. The number of aromatic nitrogens is 1. The summed E-state index contributed by atoms with van der Waals surface area (Å²) in [5.41, 5.74) is 7.48. The Kier molecular flexibility index (Phi) is 2.74. The number of fused-ring (bicyclic) bond motifs is 1. The topological polar surface area (TPSA) is 63.6 Å². The molecule has 0 unspecified atom stereocenters. The molecule has 2 aromatic carbocycles. The Hall–Kier alpha value is -2.27. The van der Waals surface area contributed by atoms with E-state index in [2.05, 4.69) is 15.2 Å². The Balaban J connectivity index is 2.10. The van der Waals surface area contributed by atoms with Crippen LogP contribution in [-0.4, -0.2) is 4.98 Å². The second kappa shape index (κ2) is 4.54. The number of rotatable bonds is 2. The third-order valence-corrected chi connectivity index (χ3v) is 3.25. The molecule has 3 aromatic rings. The number of hydrogen-bond acceptors (Lipinski definition) is 5. The maximum absolute atomic E-state index is 5.93. The summed E-state index contributed by atoms with van der Waals surface area (Å²) < 4.78 is 0. The first-order chi connectivity index (χ1) is 8.84. The lowest BCUT2D eigenvalue weighted by molar-refractivity contribution is 1.20. The van der Waals surface area contributed by atoms with E-state index in [1.165, 1.54) is 11.3 Å². The van der Waals surface area contributed by atoms with E-state index in [0.29, 0.717) is 5.13 Å². The SMILES string of the molecule is Nc1ccc(N=Nc2nccs2)c2ccccc12. The van der Waals surface area contributed by atoms with E-state index in [4.69, 9.17) is 5.73 Å². The zero-order valence-electron chi connectivity index (χ0n) is 9.45. The van der Waals surface area contributed by atoms with E-state index in [1.807, 2.05) is 41.8 Å². The van der Waals surface area contributed by atoms with Gasteiger partial charge >= 0.3 is 0 Å². The van der Waals surface area contributed by atoms with Gasteiger partial charge in [0.25, 0.3) is 0 Å². The maximum atomic E-state index is 5.93. The molecule has 18 heavy (non-hydrogen) atoms. The Morgan fingerprint density at radius 3 is 2.61 bits per heavy atom. The second-order valence-corrected chi connectivity index (χ2v) is 4.61. The fourth-order valence-corrected chi connectivity index (χ4v) is 2.21. The molecule has 0 radical (unpaired) electrons.